The quantitative estimate of drug-likeness (QED) is 0.692. The lowest BCUT2D eigenvalue weighted by atomic mass is 10.4. The average Bonchev–Trinajstić information content (AvgIpc) is 2.74. The molecule has 0 fully saturated rings. The number of rotatable bonds is 9. The number of hydrogen-bond donors (Lipinski definition) is 1. The molecule has 1 atom stereocenters. The van der Waals surface area contributed by atoms with Crippen molar-refractivity contribution in [2.75, 3.05) is 12.3 Å². The summed E-state index contributed by atoms with van der Waals surface area (Å²) in [5.74, 6) is 3.10. The highest BCUT2D eigenvalue weighted by Crippen LogP contribution is 2.10. The molecule has 0 radical (unpaired) electrons. The van der Waals surface area contributed by atoms with Crippen LogP contribution < -0.4 is 5.32 Å². The van der Waals surface area contributed by atoms with E-state index in [0.717, 1.165) is 49.6 Å². The molecule has 0 amide bonds. The third-order valence-electron chi connectivity index (χ3n) is 2.47. The van der Waals surface area contributed by atoms with Crippen LogP contribution in [0.3, 0.4) is 0 Å². The maximum absolute atomic E-state index is 11.7. The molecule has 0 saturated heterocycles. The average molecular weight is 257 g/mol. The van der Waals surface area contributed by atoms with Gasteiger partial charge in [0.25, 0.3) is 0 Å². The van der Waals surface area contributed by atoms with Crippen LogP contribution in [0.4, 0.5) is 0 Å². The zero-order valence-corrected chi connectivity index (χ0v) is 11.6. The lowest BCUT2D eigenvalue weighted by Crippen LogP contribution is -2.13. The molecule has 0 aliphatic heterocycles. The van der Waals surface area contributed by atoms with Gasteiger partial charge in [-0.1, -0.05) is 20.3 Å². The van der Waals surface area contributed by atoms with Crippen molar-refractivity contribution in [2.24, 2.45) is 0 Å². The SMILES string of the molecule is CCCCS(=O)Cc1ccc(CNCCC)o1. The van der Waals surface area contributed by atoms with Crippen LogP contribution in [0, 0.1) is 0 Å². The summed E-state index contributed by atoms with van der Waals surface area (Å²) in [6.45, 7) is 6.01. The van der Waals surface area contributed by atoms with E-state index in [4.69, 9.17) is 4.42 Å². The molecule has 0 aromatic carbocycles. The van der Waals surface area contributed by atoms with Gasteiger partial charge < -0.3 is 9.73 Å². The fourth-order valence-corrected chi connectivity index (χ4v) is 2.75. The van der Waals surface area contributed by atoms with E-state index in [9.17, 15) is 4.21 Å². The molecule has 0 saturated carbocycles. The first-order chi connectivity index (χ1) is 8.26. The lowest BCUT2D eigenvalue weighted by molar-refractivity contribution is 0.458. The summed E-state index contributed by atoms with van der Waals surface area (Å²) < 4.78 is 17.3. The molecule has 1 unspecified atom stereocenters. The van der Waals surface area contributed by atoms with E-state index < -0.39 is 10.8 Å². The van der Waals surface area contributed by atoms with E-state index in [-0.39, 0.29) is 0 Å². The molecule has 1 heterocycles. The highest BCUT2D eigenvalue weighted by Gasteiger charge is 2.06. The second kappa shape index (κ2) is 8.48. The summed E-state index contributed by atoms with van der Waals surface area (Å²) in [5, 5.41) is 3.28. The number of hydrogen-bond acceptors (Lipinski definition) is 3. The second-order valence-corrected chi connectivity index (χ2v) is 5.76. The van der Waals surface area contributed by atoms with Crippen LogP contribution in [0.15, 0.2) is 16.5 Å². The summed E-state index contributed by atoms with van der Waals surface area (Å²) in [6, 6.07) is 3.90. The Hall–Kier alpha value is -0.610. The Labute approximate surface area is 106 Å². The lowest BCUT2D eigenvalue weighted by Gasteiger charge is -2.00. The van der Waals surface area contributed by atoms with Crippen molar-refractivity contribution >= 4 is 10.8 Å². The summed E-state index contributed by atoms with van der Waals surface area (Å²) in [6.07, 6.45) is 3.24. The first-order valence-electron chi connectivity index (χ1n) is 6.39. The van der Waals surface area contributed by atoms with E-state index in [1.165, 1.54) is 0 Å². The van der Waals surface area contributed by atoms with E-state index in [2.05, 4.69) is 19.2 Å². The standard InChI is InChI=1S/C13H23NO2S/c1-3-5-9-17(15)11-13-7-6-12(16-13)10-14-8-4-2/h6-7,14H,3-5,8-11H2,1-2H3. The zero-order chi connectivity index (χ0) is 12.5. The van der Waals surface area contributed by atoms with Gasteiger partial charge in [0.1, 0.15) is 11.5 Å². The van der Waals surface area contributed by atoms with Crippen molar-refractivity contribution in [1.29, 1.82) is 0 Å². The van der Waals surface area contributed by atoms with Gasteiger partial charge in [-0.25, -0.2) is 0 Å². The minimum atomic E-state index is -0.779. The van der Waals surface area contributed by atoms with Crippen LogP contribution in [0.5, 0.6) is 0 Å². The van der Waals surface area contributed by atoms with E-state index >= 15 is 0 Å². The first-order valence-corrected chi connectivity index (χ1v) is 7.88. The van der Waals surface area contributed by atoms with Crippen molar-refractivity contribution in [3.63, 3.8) is 0 Å². The zero-order valence-electron chi connectivity index (χ0n) is 10.8. The number of nitrogens with one attached hydrogen (secondary N) is 1. The predicted octanol–water partition coefficient (Wildman–Crippen LogP) is 2.83. The van der Waals surface area contributed by atoms with Gasteiger partial charge in [-0.05, 0) is 31.5 Å². The van der Waals surface area contributed by atoms with Crippen molar-refractivity contribution in [2.45, 2.75) is 45.4 Å². The van der Waals surface area contributed by atoms with Crippen molar-refractivity contribution in [1.82, 2.24) is 5.32 Å². The van der Waals surface area contributed by atoms with Crippen molar-refractivity contribution in [3.8, 4) is 0 Å². The van der Waals surface area contributed by atoms with Crippen LogP contribution in [0.1, 0.15) is 44.6 Å². The molecule has 1 N–H and O–H groups in total. The van der Waals surface area contributed by atoms with Gasteiger partial charge in [0.15, 0.2) is 0 Å². The van der Waals surface area contributed by atoms with Crippen LogP contribution in [0.25, 0.3) is 0 Å². The molecule has 1 aromatic heterocycles. The highest BCUT2D eigenvalue weighted by atomic mass is 32.2. The fraction of sp³-hybridized carbons (Fsp3) is 0.692. The molecule has 1 rings (SSSR count). The maximum atomic E-state index is 11.7. The van der Waals surface area contributed by atoms with Crippen molar-refractivity contribution < 1.29 is 8.63 Å². The maximum Gasteiger partial charge on any atom is 0.118 e. The Morgan fingerprint density at radius 1 is 1.24 bits per heavy atom. The van der Waals surface area contributed by atoms with E-state index in [1.54, 1.807) is 0 Å². The monoisotopic (exact) mass is 257 g/mol. The topological polar surface area (TPSA) is 42.2 Å². The second-order valence-electron chi connectivity index (χ2n) is 4.19. The van der Waals surface area contributed by atoms with Gasteiger partial charge in [-0.3, -0.25) is 4.21 Å². The predicted molar refractivity (Wildman–Crippen MR) is 72.3 cm³/mol. The molecule has 3 nitrogen and oxygen atoms in total. The van der Waals surface area contributed by atoms with Crippen molar-refractivity contribution in [3.05, 3.63) is 23.7 Å². The molecule has 0 aliphatic carbocycles. The molecule has 0 spiro atoms. The Morgan fingerprint density at radius 2 is 2.00 bits per heavy atom. The van der Waals surface area contributed by atoms with Crippen LogP contribution in [-0.2, 0) is 23.1 Å². The third kappa shape index (κ3) is 6.03. The van der Waals surface area contributed by atoms with Gasteiger partial charge in [-0.2, -0.15) is 0 Å². The van der Waals surface area contributed by atoms with E-state index in [0.29, 0.717) is 5.75 Å². The highest BCUT2D eigenvalue weighted by molar-refractivity contribution is 7.84. The Balaban J connectivity index is 2.32. The van der Waals surface area contributed by atoms with Gasteiger partial charge >= 0.3 is 0 Å². The molecule has 98 valence electrons. The number of unbranched alkanes of at least 4 members (excludes halogenated alkanes) is 1. The number of furan rings is 1. The molecule has 0 bridgehead atoms. The Kier molecular flexibility index (Phi) is 7.21. The molecule has 1 aromatic rings. The molecule has 17 heavy (non-hydrogen) atoms. The fourth-order valence-electron chi connectivity index (χ4n) is 1.52. The molecule has 4 heteroatoms. The smallest absolute Gasteiger partial charge is 0.118 e. The van der Waals surface area contributed by atoms with Crippen LogP contribution in [0.2, 0.25) is 0 Å². The minimum absolute atomic E-state index is 0.549. The Bertz CT molecular complexity index is 336. The van der Waals surface area contributed by atoms with E-state index in [1.807, 2.05) is 12.1 Å². The summed E-state index contributed by atoms with van der Waals surface area (Å²) >= 11 is 0. The molecule has 0 aliphatic rings. The van der Waals surface area contributed by atoms with Crippen LogP contribution in [-0.4, -0.2) is 16.5 Å². The third-order valence-corrected chi connectivity index (χ3v) is 3.82. The normalized spacial score (nSPS) is 12.8. The summed E-state index contributed by atoms with van der Waals surface area (Å²) in [4.78, 5) is 0. The molecular formula is C13H23NO2S. The first kappa shape index (κ1) is 14.5. The van der Waals surface area contributed by atoms with Crippen LogP contribution >= 0.6 is 0 Å². The summed E-state index contributed by atoms with van der Waals surface area (Å²) in [5.41, 5.74) is 0. The van der Waals surface area contributed by atoms with Gasteiger partial charge in [0.05, 0.1) is 12.3 Å². The van der Waals surface area contributed by atoms with Gasteiger partial charge in [0.2, 0.25) is 0 Å². The minimum Gasteiger partial charge on any atom is -0.464 e. The van der Waals surface area contributed by atoms with Gasteiger partial charge in [0, 0.05) is 16.6 Å². The van der Waals surface area contributed by atoms with Gasteiger partial charge in [-0.15, -0.1) is 0 Å². The Morgan fingerprint density at radius 3 is 2.71 bits per heavy atom. The largest absolute Gasteiger partial charge is 0.464 e. The summed E-state index contributed by atoms with van der Waals surface area (Å²) in [7, 11) is -0.779. The molecular weight excluding hydrogens is 234 g/mol.